The highest BCUT2D eigenvalue weighted by Gasteiger charge is 2.27. The summed E-state index contributed by atoms with van der Waals surface area (Å²) < 4.78 is 37.3. The number of aromatic amines is 1. The fourth-order valence-corrected chi connectivity index (χ4v) is 2.14. The summed E-state index contributed by atoms with van der Waals surface area (Å²) in [4.78, 5) is 21.9. The van der Waals surface area contributed by atoms with Gasteiger partial charge in [0, 0.05) is 11.9 Å². The van der Waals surface area contributed by atoms with Crippen molar-refractivity contribution < 1.29 is 23.1 Å². The van der Waals surface area contributed by atoms with E-state index < -0.39 is 18.7 Å². The first kappa shape index (κ1) is 16.6. The van der Waals surface area contributed by atoms with Gasteiger partial charge in [0.1, 0.15) is 18.0 Å². The first-order valence-corrected chi connectivity index (χ1v) is 7.08. The molecule has 3 aromatic rings. The highest BCUT2D eigenvalue weighted by molar-refractivity contribution is 5.89. The Kier molecular flexibility index (Phi) is 4.17. The topological polar surface area (TPSA) is 103 Å². The lowest BCUT2D eigenvalue weighted by Crippen LogP contribution is -2.22. The van der Waals surface area contributed by atoms with Crippen LogP contribution in [0.25, 0.3) is 11.0 Å². The lowest BCUT2D eigenvalue weighted by molar-refractivity contribution is -0.115. The molecule has 0 radical (unpaired) electrons. The second-order valence-electron chi connectivity index (χ2n) is 5.11. The highest BCUT2D eigenvalue weighted by atomic mass is 19.4. The van der Waals surface area contributed by atoms with Gasteiger partial charge in [-0.2, -0.15) is 23.1 Å². The van der Waals surface area contributed by atoms with Gasteiger partial charge in [-0.1, -0.05) is 0 Å². The first-order chi connectivity index (χ1) is 11.8. The summed E-state index contributed by atoms with van der Waals surface area (Å²) in [5.74, 6) is -0.954. The van der Waals surface area contributed by atoms with Crippen LogP contribution in [0.15, 0.2) is 36.5 Å². The van der Waals surface area contributed by atoms with Crippen molar-refractivity contribution in [2.75, 3.05) is 17.2 Å². The number of halogens is 3. The molecular formula is C15H12F3N5O2. The van der Waals surface area contributed by atoms with Crippen LogP contribution in [-0.2, 0) is 0 Å². The van der Waals surface area contributed by atoms with Gasteiger partial charge in [-0.15, -0.1) is 0 Å². The van der Waals surface area contributed by atoms with E-state index in [0.717, 1.165) is 0 Å². The third-order valence-corrected chi connectivity index (χ3v) is 3.26. The second-order valence-corrected chi connectivity index (χ2v) is 5.11. The molecule has 0 bridgehead atoms. The molecule has 0 aliphatic rings. The number of anilines is 3. The van der Waals surface area contributed by atoms with E-state index in [2.05, 4.69) is 25.6 Å². The number of alkyl halides is 3. The Hall–Kier alpha value is -3.30. The molecule has 3 rings (SSSR count). The average Bonchev–Trinajstić information content (AvgIpc) is 3.01. The Morgan fingerprint density at radius 3 is 2.52 bits per heavy atom. The molecule has 2 heterocycles. The van der Waals surface area contributed by atoms with E-state index in [9.17, 15) is 18.0 Å². The Balaban J connectivity index is 1.87. The molecule has 1 aromatic carbocycles. The second kappa shape index (κ2) is 6.30. The standard InChI is InChI=1S/C15H12F3N5O2/c16-15(17,18)7-20-12-10-5-6-19-11(10)22-14(23-12)21-9-3-1-8(2-4-9)13(24)25/h1-6H,7H2,(H,24,25)(H3,19,20,21,22,23). The normalized spacial score (nSPS) is 11.5. The van der Waals surface area contributed by atoms with Crippen molar-refractivity contribution in [2.45, 2.75) is 6.18 Å². The van der Waals surface area contributed by atoms with Gasteiger partial charge in [0.15, 0.2) is 0 Å². The van der Waals surface area contributed by atoms with Gasteiger partial charge in [-0.25, -0.2) is 4.79 Å². The minimum absolute atomic E-state index is 0.0354. The largest absolute Gasteiger partial charge is 0.478 e. The summed E-state index contributed by atoms with van der Waals surface area (Å²) >= 11 is 0. The SMILES string of the molecule is O=C(O)c1ccc(Nc2nc(NCC(F)(F)F)c3cc[nH]c3n2)cc1. The molecule has 0 fully saturated rings. The summed E-state index contributed by atoms with van der Waals surface area (Å²) in [6.07, 6.45) is -2.84. The fourth-order valence-electron chi connectivity index (χ4n) is 2.14. The molecule has 2 aromatic heterocycles. The monoisotopic (exact) mass is 351 g/mol. The number of hydrogen-bond donors (Lipinski definition) is 4. The van der Waals surface area contributed by atoms with Gasteiger partial charge in [-0.3, -0.25) is 0 Å². The van der Waals surface area contributed by atoms with Crippen LogP contribution >= 0.6 is 0 Å². The lowest BCUT2D eigenvalue weighted by atomic mass is 10.2. The van der Waals surface area contributed by atoms with E-state index in [4.69, 9.17) is 5.11 Å². The van der Waals surface area contributed by atoms with Crippen LogP contribution in [0.1, 0.15) is 10.4 Å². The van der Waals surface area contributed by atoms with Crippen LogP contribution in [0.2, 0.25) is 0 Å². The molecular weight excluding hydrogens is 339 g/mol. The molecule has 0 atom stereocenters. The number of aromatic carboxylic acids is 1. The van der Waals surface area contributed by atoms with Crippen LogP contribution < -0.4 is 10.6 Å². The maximum Gasteiger partial charge on any atom is 0.405 e. The quantitative estimate of drug-likeness (QED) is 0.562. The molecule has 0 saturated carbocycles. The molecule has 0 aliphatic carbocycles. The van der Waals surface area contributed by atoms with Crippen molar-refractivity contribution in [1.29, 1.82) is 0 Å². The summed E-state index contributed by atoms with van der Waals surface area (Å²) in [5.41, 5.74) is 0.973. The van der Waals surface area contributed by atoms with Crippen molar-refractivity contribution in [3.63, 3.8) is 0 Å². The number of H-pyrrole nitrogens is 1. The van der Waals surface area contributed by atoms with E-state index >= 15 is 0 Å². The fraction of sp³-hybridized carbons (Fsp3) is 0.133. The Bertz CT molecular complexity index is 906. The van der Waals surface area contributed by atoms with Crippen LogP contribution in [0.3, 0.4) is 0 Å². The Morgan fingerprint density at radius 2 is 1.88 bits per heavy atom. The van der Waals surface area contributed by atoms with Gasteiger partial charge in [0.2, 0.25) is 5.95 Å². The van der Waals surface area contributed by atoms with Crippen LogP contribution in [0.4, 0.5) is 30.6 Å². The molecule has 0 aliphatic heterocycles. The minimum atomic E-state index is -4.38. The number of aromatic nitrogens is 3. The molecule has 0 amide bonds. The van der Waals surface area contributed by atoms with E-state index in [0.29, 0.717) is 16.7 Å². The van der Waals surface area contributed by atoms with Crippen LogP contribution in [-0.4, -0.2) is 38.7 Å². The zero-order valence-electron chi connectivity index (χ0n) is 12.6. The Morgan fingerprint density at radius 1 is 1.16 bits per heavy atom. The van der Waals surface area contributed by atoms with Gasteiger partial charge in [0.05, 0.1) is 10.9 Å². The molecule has 25 heavy (non-hydrogen) atoms. The van der Waals surface area contributed by atoms with Gasteiger partial charge in [-0.05, 0) is 30.3 Å². The predicted octanol–water partition coefficient (Wildman–Crippen LogP) is 3.37. The maximum absolute atomic E-state index is 12.4. The van der Waals surface area contributed by atoms with Gasteiger partial charge < -0.3 is 20.7 Å². The first-order valence-electron chi connectivity index (χ1n) is 7.08. The van der Waals surface area contributed by atoms with Crippen molar-refractivity contribution in [2.24, 2.45) is 0 Å². The molecule has 10 heteroatoms. The van der Waals surface area contributed by atoms with Crippen molar-refractivity contribution >= 4 is 34.5 Å². The van der Waals surface area contributed by atoms with E-state index in [-0.39, 0.29) is 17.3 Å². The van der Waals surface area contributed by atoms with E-state index in [1.54, 1.807) is 12.3 Å². The summed E-state index contributed by atoms with van der Waals surface area (Å²) in [5, 5.41) is 14.4. The van der Waals surface area contributed by atoms with Gasteiger partial charge in [0.25, 0.3) is 0 Å². The zero-order valence-corrected chi connectivity index (χ0v) is 12.6. The van der Waals surface area contributed by atoms with Crippen LogP contribution in [0.5, 0.6) is 0 Å². The smallest absolute Gasteiger partial charge is 0.405 e. The minimum Gasteiger partial charge on any atom is -0.478 e. The van der Waals surface area contributed by atoms with E-state index in [1.807, 2.05) is 0 Å². The average molecular weight is 351 g/mol. The maximum atomic E-state index is 12.4. The van der Waals surface area contributed by atoms with Gasteiger partial charge >= 0.3 is 12.1 Å². The number of benzene rings is 1. The number of nitrogens with zero attached hydrogens (tertiary/aromatic N) is 2. The molecule has 0 spiro atoms. The van der Waals surface area contributed by atoms with Crippen LogP contribution in [0, 0.1) is 0 Å². The molecule has 130 valence electrons. The zero-order chi connectivity index (χ0) is 18.0. The third-order valence-electron chi connectivity index (χ3n) is 3.26. The molecule has 7 nitrogen and oxygen atoms in total. The van der Waals surface area contributed by atoms with Crippen molar-refractivity contribution in [3.05, 3.63) is 42.1 Å². The summed E-state index contributed by atoms with van der Waals surface area (Å²) in [6.45, 7) is -1.23. The van der Waals surface area contributed by atoms with E-state index in [1.165, 1.54) is 24.3 Å². The number of fused-ring (bicyclic) bond motifs is 1. The van der Waals surface area contributed by atoms with Crippen molar-refractivity contribution in [3.8, 4) is 0 Å². The number of carbonyl (C=O) groups is 1. The molecule has 0 saturated heterocycles. The summed E-state index contributed by atoms with van der Waals surface area (Å²) in [7, 11) is 0. The number of carboxylic acid groups (broad SMARTS) is 1. The third kappa shape index (κ3) is 3.97. The number of carboxylic acids is 1. The highest BCUT2D eigenvalue weighted by Crippen LogP contribution is 2.24. The lowest BCUT2D eigenvalue weighted by Gasteiger charge is -2.11. The number of hydrogen-bond acceptors (Lipinski definition) is 5. The molecule has 4 N–H and O–H groups in total. The number of nitrogens with one attached hydrogen (secondary N) is 3. The molecule has 0 unspecified atom stereocenters. The summed E-state index contributed by atoms with van der Waals surface area (Å²) in [6, 6.07) is 7.36. The predicted molar refractivity (Wildman–Crippen MR) is 85.1 cm³/mol. The van der Waals surface area contributed by atoms with Crippen molar-refractivity contribution in [1.82, 2.24) is 15.0 Å². The number of rotatable bonds is 5. The Labute approximate surface area is 138 Å².